The molecule has 2 aliphatic heterocycles. The van der Waals surface area contributed by atoms with Gasteiger partial charge in [-0.1, -0.05) is 0 Å². The predicted octanol–water partition coefficient (Wildman–Crippen LogP) is 1.40. The fourth-order valence-corrected chi connectivity index (χ4v) is 1.13. The van der Waals surface area contributed by atoms with Crippen LogP contribution in [0.15, 0.2) is 26.3 Å². The highest BCUT2D eigenvalue weighted by Gasteiger charge is 2.05. The van der Waals surface area contributed by atoms with Gasteiger partial charge in [0.05, 0.1) is 0 Å². The molecule has 2 aliphatic rings. The van der Waals surface area contributed by atoms with Gasteiger partial charge in [-0.25, -0.2) is 0 Å². The quantitative estimate of drug-likeness (QED) is 0.613. The molecule has 4 nitrogen and oxygen atoms in total. The van der Waals surface area contributed by atoms with Gasteiger partial charge in [0.15, 0.2) is 0 Å². The summed E-state index contributed by atoms with van der Waals surface area (Å²) in [7, 11) is 0. The summed E-state index contributed by atoms with van der Waals surface area (Å²) in [4.78, 5) is 20.3. The normalized spacial score (nSPS) is 16.2. The fourth-order valence-electron chi connectivity index (χ4n) is 1.13. The first-order valence-electron chi connectivity index (χ1n) is 5.32. The second-order valence-corrected chi connectivity index (χ2v) is 2.91. The van der Waals surface area contributed by atoms with Gasteiger partial charge in [0.25, 0.3) is 0 Å². The van der Waals surface area contributed by atoms with Crippen LogP contribution >= 0.6 is 0 Å². The van der Waals surface area contributed by atoms with E-state index in [1.165, 1.54) is 0 Å². The highest BCUT2D eigenvalue weighted by Crippen LogP contribution is 1.93. The fraction of sp³-hybridized carbons (Fsp3) is 0.500. The molecule has 2 rings (SSSR count). The molecule has 0 saturated carbocycles. The van der Waals surface area contributed by atoms with Gasteiger partial charge < -0.3 is 10.6 Å². The lowest BCUT2D eigenvalue weighted by Gasteiger charge is -1.80. The first-order valence-corrected chi connectivity index (χ1v) is 5.32. The van der Waals surface area contributed by atoms with E-state index < -0.39 is 0 Å². The van der Waals surface area contributed by atoms with Gasteiger partial charge >= 0.3 is 0 Å². The lowest BCUT2D eigenvalue weighted by molar-refractivity contribution is -0.119. The molecule has 2 amide bonds. The van der Waals surface area contributed by atoms with E-state index >= 15 is 0 Å². The molecule has 0 spiro atoms. The van der Waals surface area contributed by atoms with Crippen molar-refractivity contribution in [3.63, 3.8) is 0 Å². The van der Waals surface area contributed by atoms with Gasteiger partial charge in [-0.15, -0.1) is 26.3 Å². The number of amides is 2. The van der Waals surface area contributed by atoms with E-state index in [1.807, 2.05) is 0 Å². The minimum atomic E-state index is 0.204. The molecule has 2 saturated heterocycles. The van der Waals surface area contributed by atoms with Crippen LogP contribution in [0, 0.1) is 0 Å². The lowest BCUT2D eigenvalue weighted by Crippen LogP contribution is -2.12. The second kappa shape index (κ2) is 13.4. The highest BCUT2D eigenvalue weighted by atomic mass is 16.2. The molecular weight excluding hydrogens is 204 g/mol. The van der Waals surface area contributed by atoms with Gasteiger partial charge in [0.1, 0.15) is 0 Å². The maximum atomic E-state index is 10.1. The van der Waals surface area contributed by atoms with Crippen LogP contribution in [-0.2, 0) is 9.59 Å². The summed E-state index contributed by atoms with van der Waals surface area (Å²) in [6.45, 7) is 13.8. The molecule has 2 N–H and O–H groups in total. The van der Waals surface area contributed by atoms with Gasteiger partial charge in [0.2, 0.25) is 11.8 Å². The minimum absolute atomic E-state index is 0.204. The van der Waals surface area contributed by atoms with Crippen molar-refractivity contribution in [3.05, 3.63) is 26.3 Å². The molecule has 0 atom stereocenters. The molecule has 0 bridgehead atoms. The van der Waals surface area contributed by atoms with E-state index in [0.717, 1.165) is 38.8 Å². The number of hydrogen-bond acceptors (Lipinski definition) is 2. The lowest BCUT2D eigenvalue weighted by atomic mass is 10.4. The summed E-state index contributed by atoms with van der Waals surface area (Å²) in [6, 6.07) is 0. The zero-order chi connectivity index (χ0) is 12.8. The number of nitrogens with one attached hydrogen (secondary N) is 2. The van der Waals surface area contributed by atoms with Crippen LogP contribution in [0.1, 0.15) is 25.7 Å². The highest BCUT2D eigenvalue weighted by molar-refractivity contribution is 5.77. The molecule has 0 aromatic carbocycles. The van der Waals surface area contributed by atoms with Crippen LogP contribution in [0.25, 0.3) is 0 Å². The van der Waals surface area contributed by atoms with Crippen LogP contribution in [-0.4, -0.2) is 24.9 Å². The van der Waals surface area contributed by atoms with Crippen LogP contribution < -0.4 is 10.6 Å². The number of rotatable bonds is 0. The van der Waals surface area contributed by atoms with E-state index in [-0.39, 0.29) is 11.8 Å². The van der Waals surface area contributed by atoms with E-state index in [4.69, 9.17) is 0 Å². The molecular formula is C12H22N2O2. The third-order valence-corrected chi connectivity index (χ3v) is 1.81. The van der Waals surface area contributed by atoms with Crippen molar-refractivity contribution in [2.45, 2.75) is 25.7 Å². The van der Waals surface area contributed by atoms with Crippen molar-refractivity contribution in [2.75, 3.05) is 13.1 Å². The summed E-state index contributed by atoms with van der Waals surface area (Å²) in [5.41, 5.74) is 0. The van der Waals surface area contributed by atoms with Gasteiger partial charge in [-0.2, -0.15) is 0 Å². The van der Waals surface area contributed by atoms with Crippen LogP contribution in [0.3, 0.4) is 0 Å². The third kappa shape index (κ3) is 10.5. The van der Waals surface area contributed by atoms with Crippen molar-refractivity contribution in [1.82, 2.24) is 10.6 Å². The Hall–Kier alpha value is -1.58. The smallest absolute Gasteiger partial charge is 0.220 e. The van der Waals surface area contributed by atoms with Crippen LogP contribution in [0.2, 0.25) is 0 Å². The van der Waals surface area contributed by atoms with Crippen molar-refractivity contribution in [3.8, 4) is 0 Å². The Kier molecular flexibility index (Phi) is 14.1. The van der Waals surface area contributed by atoms with E-state index in [0.29, 0.717) is 0 Å². The van der Waals surface area contributed by atoms with Gasteiger partial charge in [-0.3, -0.25) is 9.59 Å². The first kappa shape index (κ1) is 16.8. The van der Waals surface area contributed by atoms with E-state index in [9.17, 15) is 9.59 Å². The Balaban J connectivity index is 0. The predicted molar refractivity (Wildman–Crippen MR) is 67.0 cm³/mol. The molecule has 0 aromatic rings. The number of carbonyl (C=O) groups excluding carboxylic acids is 2. The minimum Gasteiger partial charge on any atom is -0.356 e. The van der Waals surface area contributed by atoms with Crippen LogP contribution in [0.4, 0.5) is 0 Å². The SMILES string of the molecule is C=C.C=C.O=C1CCCN1.O=C1CCCN1. The zero-order valence-electron chi connectivity index (χ0n) is 9.89. The standard InChI is InChI=1S/2C4H7NO.2C2H4/c2*6-4-2-1-3-5-4;2*1-2/h2*1-3H2,(H,5,6);2*1-2H2. The molecule has 2 heterocycles. The zero-order valence-corrected chi connectivity index (χ0v) is 9.89. The largest absolute Gasteiger partial charge is 0.356 e. The molecule has 0 aromatic heterocycles. The summed E-state index contributed by atoms with van der Waals surface area (Å²) in [6.07, 6.45) is 3.53. The monoisotopic (exact) mass is 226 g/mol. The maximum Gasteiger partial charge on any atom is 0.220 e. The van der Waals surface area contributed by atoms with E-state index in [1.54, 1.807) is 0 Å². The number of hydrogen-bond donors (Lipinski definition) is 2. The number of carbonyl (C=O) groups is 2. The molecule has 0 aliphatic carbocycles. The Bertz CT molecular complexity index is 167. The van der Waals surface area contributed by atoms with Crippen molar-refractivity contribution in [1.29, 1.82) is 0 Å². The maximum absolute atomic E-state index is 10.1. The summed E-state index contributed by atoms with van der Waals surface area (Å²) >= 11 is 0. The average Bonchev–Trinajstić information content (AvgIpc) is 2.98. The molecule has 16 heavy (non-hydrogen) atoms. The van der Waals surface area contributed by atoms with Gasteiger partial charge in [-0.05, 0) is 12.8 Å². The van der Waals surface area contributed by atoms with Crippen molar-refractivity contribution < 1.29 is 9.59 Å². The Morgan fingerprint density at radius 2 is 1.06 bits per heavy atom. The molecule has 0 radical (unpaired) electrons. The van der Waals surface area contributed by atoms with Crippen LogP contribution in [0.5, 0.6) is 0 Å². The van der Waals surface area contributed by atoms with E-state index in [2.05, 4.69) is 36.9 Å². The second-order valence-electron chi connectivity index (χ2n) is 2.91. The van der Waals surface area contributed by atoms with Gasteiger partial charge in [0, 0.05) is 25.9 Å². The summed E-state index contributed by atoms with van der Waals surface area (Å²) < 4.78 is 0. The molecule has 4 heteroatoms. The summed E-state index contributed by atoms with van der Waals surface area (Å²) in [5.74, 6) is 0.407. The Labute approximate surface area is 97.8 Å². The molecule has 2 fully saturated rings. The Morgan fingerprint density at radius 1 is 0.750 bits per heavy atom. The third-order valence-electron chi connectivity index (χ3n) is 1.81. The van der Waals surface area contributed by atoms with Crippen molar-refractivity contribution >= 4 is 11.8 Å². The first-order chi connectivity index (χ1) is 7.79. The topological polar surface area (TPSA) is 58.2 Å². The average molecular weight is 226 g/mol. The summed E-state index contributed by atoms with van der Waals surface area (Å²) in [5, 5.41) is 5.36. The van der Waals surface area contributed by atoms with Crippen molar-refractivity contribution in [2.24, 2.45) is 0 Å². The Morgan fingerprint density at radius 3 is 1.12 bits per heavy atom. The molecule has 92 valence electrons. The molecule has 0 unspecified atom stereocenters.